The van der Waals surface area contributed by atoms with Crippen LogP contribution in [0.2, 0.25) is 0 Å². The molecule has 0 aliphatic carbocycles. The van der Waals surface area contributed by atoms with Crippen LogP contribution in [0.1, 0.15) is 11.5 Å². The number of carboxylic acids is 1. The van der Waals surface area contributed by atoms with Gasteiger partial charge in [-0.2, -0.15) is 0 Å². The standard InChI is InChI=1S/C12H12FNO4/c1-18-9-3-2-6(4-8(9)13)7-5-14-11(15)10(7)12(16)17/h2-4,7,10H,5H2,1H3,(H,14,15)(H,16,17)/t7-,10-/m0/s1. The molecule has 0 bridgehead atoms. The second-order valence-corrected chi connectivity index (χ2v) is 4.06. The number of carbonyl (C=O) groups is 2. The smallest absolute Gasteiger partial charge is 0.316 e. The van der Waals surface area contributed by atoms with E-state index in [9.17, 15) is 14.0 Å². The number of halogens is 1. The van der Waals surface area contributed by atoms with Crippen LogP contribution in [0.5, 0.6) is 5.75 Å². The normalized spacial score (nSPS) is 22.7. The number of amides is 1. The first-order valence-corrected chi connectivity index (χ1v) is 5.38. The predicted molar refractivity (Wildman–Crippen MR) is 59.8 cm³/mol. The molecule has 96 valence electrons. The van der Waals surface area contributed by atoms with Crippen LogP contribution in [-0.4, -0.2) is 30.6 Å². The van der Waals surface area contributed by atoms with Crippen molar-refractivity contribution in [1.82, 2.24) is 5.32 Å². The number of carbonyl (C=O) groups excluding carboxylic acids is 1. The molecule has 0 spiro atoms. The van der Waals surface area contributed by atoms with Gasteiger partial charge in [0.15, 0.2) is 11.6 Å². The topological polar surface area (TPSA) is 75.6 Å². The molecule has 1 aliphatic rings. The Labute approximate surface area is 103 Å². The van der Waals surface area contributed by atoms with Crippen LogP contribution in [0, 0.1) is 11.7 Å². The number of hydrogen-bond donors (Lipinski definition) is 2. The van der Waals surface area contributed by atoms with Crippen LogP contribution in [0.4, 0.5) is 4.39 Å². The van der Waals surface area contributed by atoms with Crippen LogP contribution in [-0.2, 0) is 9.59 Å². The summed E-state index contributed by atoms with van der Waals surface area (Å²) in [4.78, 5) is 22.4. The average Bonchev–Trinajstić information content (AvgIpc) is 2.71. The SMILES string of the molecule is COc1ccc([C@@H]2CNC(=O)[C@H]2C(=O)O)cc1F. The fourth-order valence-electron chi connectivity index (χ4n) is 2.13. The number of hydrogen-bond acceptors (Lipinski definition) is 3. The monoisotopic (exact) mass is 253 g/mol. The largest absolute Gasteiger partial charge is 0.494 e. The lowest BCUT2D eigenvalue weighted by Crippen LogP contribution is -2.26. The van der Waals surface area contributed by atoms with Gasteiger partial charge in [-0.3, -0.25) is 9.59 Å². The zero-order chi connectivity index (χ0) is 13.3. The molecule has 0 saturated carbocycles. The van der Waals surface area contributed by atoms with Crippen LogP contribution < -0.4 is 10.1 Å². The average molecular weight is 253 g/mol. The highest BCUT2D eigenvalue weighted by Crippen LogP contribution is 2.31. The summed E-state index contributed by atoms with van der Waals surface area (Å²) < 4.78 is 18.3. The number of methoxy groups -OCH3 is 1. The fourth-order valence-corrected chi connectivity index (χ4v) is 2.13. The summed E-state index contributed by atoms with van der Waals surface area (Å²) in [6.07, 6.45) is 0. The summed E-state index contributed by atoms with van der Waals surface area (Å²) in [5.74, 6) is -3.95. The molecular formula is C12H12FNO4. The first-order valence-electron chi connectivity index (χ1n) is 5.38. The van der Waals surface area contributed by atoms with E-state index in [2.05, 4.69) is 5.32 Å². The zero-order valence-corrected chi connectivity index (χ0v) is 9.64. The second-order valence-electron chi connectivity index (χ2n) is 4.06. The van der Waals surface area contributed by atoms with Crippen molar-refractivity contribution in [3.05, 3.63) is 29.6 Å². The zero-order valence-electron chi connectivity index (χ0n) is 9.64. The summed E-state index contributed by atoms with van der Waals surface area (Å²) in [5, 5.41) is 11.5. The van der Waals surface area contributed by atoms with Gasteiger partial charge in [-0.05, 0) is 17.7 Å². The molecule has 1 amide bonds. The lowest BCUT2D eigenvalue weighted by atomic mass is 9.88. The van der Waals surface area contributed by atoms with E-state index in [4.69, 9.17) is 9.84 Å². The molecule has 0 unspecified atom stereocenters. The Morgan fingerprint density at radius 1 is 1.56 bits per heavy atom. The lowest BCUT2D eigenvalue weighted by molar-refractivity contribution is -0.145. The van der Waals surface area contributed by atoms with Crippen molar-refractivity contribution < 1.29 is 23.8 Å². The van der Waals surface area contributed by atoms with E-state index in [0.29, 0.717) is 5.56 Å². The number of aliphatic carboxylic acids is 1. The maximum Gasteiger partial charge on any atom is 0.316 e. The summed E-state index contributed by atoms with van der Waals surface area (Å²) in [5.41, 5.74) is 0.471. The van der Waals surface area contributed by atoms with Crippen molar-refractivity contribution in [1.29, 1.82) is 0 Å². The molecule has 0 radical (unpaired) electrons. The van der Waals surface area contributed by atoms with Crippen molar-refractivity contribution >= 4 is 11.9 Å². The molecule has 2 rings (SSSR count). The molecule has 1 aliphatic heterocycles. The molecular weight excluding hydrogens is 241 g/mol. The quantitative estimate of drug-likeness (QED) is 0.779. The number of rotatable bonds is 3. The highest BCUT2D eigenvalue weighted by atomic mass is 19.1. The van der Waals surface area contributed by atoms with Gasteiger partial charge in [0.25, 0.3) is 0 Å². The molecule has 1 aromatic carbocycles. The highest BCUT2D eigenvalue weighted by Gasteiger charge is 2.41. The van der Waals surface area contributed by atoms with Crippen LogP contribution in [0.3, 0.4) is 0 Å². The summed E-state index contributed by atoms with van der Waals surface area (Å²) in [6, 6.07) is 4.20. The summed E-state index contributed by atoms with van der Waals surface area (Å²) in [7, 11) is 1.35. The number of nitrogens with one attached hydrogen (secondary N) is 1. The fraction of sp³-hybridized carbons (Fsp3) is 0.333. The van der Waals surface area contributed by atoms with Gasteiger partial charge in [0.2, 0.25) is 5.91 Å². The molecule has 2 N–H and O–H groups in total. The first kappa shape index (κ1) is 12.3. The van der Waals surface area contributed by atoms with Crippen molar-refractivity contribution in [2.24, 2.45) is 5.92 Å². The van der Waals surface area contributed by atoms with E-state index in [-0.39, 0.29) is 12.3 Å². The molecule has 1 heterocycles. The van der Waals surface area contributed by atoms with E-state index >= 15 is 0 Å². The summed E-state index contributed by atoms with van der Waals surface area (Å²) >= 11 is 0. The van der Waals surface area contributed by atoms with Gasteiger partial charge in [-0.15, -0.1) is 0 Å². The van der Waals surface area contributed by atoms with E-state index < -0.39 is 29.5 Å². The minimum absolute atomic E-state index is 0.0860. The molecule has 6 heteroatoms. The van der Waals surface area contributed by atoms with Gasteiger partial charge in [-0.25, -0.2) is 4.39 Å². The Morgan fingerprint density at radius 2 is 2.28 bits per heavy atom. The van der Waals surface area contributed by atoms with E-state index in [1.165, 1.54) is 19.2 Å². The maximum atomic E-state index is 13.6. The third kappa shape index (κ3) is 2.01. The van der Waals surface area contributed by atoms with Crippen molar-refractivity contribution in [3.63, 3.8) is 0 Å². The minimum atomic E-state index is -1.20. The minimum Gasteiger partial charge on any atom is -0.494 e. The third-order valence-electron chi connectivity index (χ3n) is 3.05. The molecule has 1 fully saturated rings. The van der Waals surface area contributed by atoms with E-state index in [1.54, 1.807) is 6.07 Å². The number of carboxylic acid groups (broad SMARTS) is 1. The third-order valence-corrected chi connectivity index (χ3v) is 3.05. The van der Waals surface area contributed by atoms with E-state index in [1.807, 2.05) is 0 Å². The Hall–Kier alpha value is -2.11. The molecule has 1 aromatic rings. The number of ether oxygens (including phenoxy) is 1. The molecule has 0 aromatic heterocycles. The van der Waals surface area contributed by atoms with Crippen molar-refractivity contribution in [2.75, 3.05) is 13.7 Å². The Balaban J connectivity index is 2.34. The highest BCUT2D eigenvalue weighted by molar-refractivity contribution is 5.99. The lowest BCUT2D eigenvalue weighted by Gasteiger charge is -2.14. The Morgan fingerprint density at radius 3 is 2.83 bits per heavy atom. The second kappa shape index (κ2) is 4.64. The first-order chi connectivity index (χ1) is 8.54. The molecule has 18 heavy (non-hydrogen) atoms. The molecule has 2 atom stereocenters. The summed E-state index contributed by atoms with van der Waals surface area (Å²) in [6.45, 7) is 0.196. The molecule has 5 nitrogen and oxygen atoms in total. The van der Waals surface area contributed by atoms with Gasteiger partial charge in [0, 0.05) is 12.5 Å². The van der Waals surface area contributed by atoms with Gasteiger partial charge in [0.05, 0.1) is 7.11 Å². The van der Waals surface area contributed by atoms with Crippen molar-refractivity contribution in [2.45, 2.75) is 5.92 Å². The van der Waals surface area contributed by atoms with Crippen LogP contribution >= 0.6 is 0 Å². The Bertz CT molecular complexity index is 503. The predicted octanol–water partition coefficient (Wildman–Crippen LogP) is 0.748. The van der Waals surface area contributed by atoms with Gasteiger partial charge in [0.1, 0.15) is 5.92 Å². The van der Waals surface area contributed by atoms with Gasteiger partial charge >= 0.3 is 5.97 Å². The van der Waals surface area contributed by atoms with Crippen molar-refractivity contribution in [3.8, 4) is 5.75 Å². The Kier molecular flexibility index (Phi) is 3.18. The van der Waals surface area contributed by atoms with Crippen LogP contribution in [0.15, 0.2) is 18.2 Å². The van der Waals surface area contributed by atoms with E-state index in [0.717, 1.165) is 0 Å². The number of benzene rings is 1. The maximum absolute atomic E-state index is 13.6. The van der Waals surface area contributed by atoms with Crippen LogP contribution in [0.25, 0.3) is 0 Å². The molecule has 1 saturated heterocycles. The van der Waals surface area contributed by atoms with Gasteiger partial charge < -0.3 is 15.2 Å². The van der Waals surface area contributed by atoms with Gasteiger partial charge in [-0.1, -0.05) is 6.07 Å².